The molecule has 1 fully saturated rings. The Morgan fingerprint density at radius 1 is 1.07 bits per heavy atom. The van der Waals surface area contributed by atoms with E-state index in [4.69, 9.17) is 14.0 Å². The van der Waals surface area contributed by atoms with Crippen LogP contribution >= 0.6 is 0 Å². The number of piperidine rings is 1. The van der Waals surface area contributed by atoms with Crippen LogP contribution in [0.25, 0.3) is 11.4 Å². The molecule has 0 spiro atoms. The van der Waals surface area contributed by atoms with E-state index in [0.717, 1.165) is 24.8 Å². The minimum absolute atomic E-state index is 0.196. The zero-order valence-corrected chi connectivity index (χ0v) is 15.7. The van der Waals surface area contributed by atoms with Gasteiger partial charge < -0.3 is 24.2 Å². The molecular weight excluding hydrogens is 372 g/mol. The van der Waals surface area contributed by atoms with Crippen LogP contribution in [0.15, 0.2) is 53.1 Å². The highest BCUT2D eigenvalue weighted by atomic mass is 16.7. The van der Waals surface area contributed by atoms with Crippen LogP contribution in [0.3, 0.4) is 0 Å². The van der Waals surface area contributed by atoms with Gasteiger partial charge in [0.15, 0.2) is 11.5 Å². The largest absolute Gasteiger partial charge is 0.454 e. The molecule has 8 nitrogen and oxygen atoms in total. The van der Waals surface area contributed by atoms with Crippen LogP contribution in [-0.4, -0.2) is 34.4 Å². The number of aromatic nitrogens is 2. The van der Waals surface area contributed by atoms with Gasteiger partial charge in [0.2, 0.25) is 18.5 Å². The van der Waals surface area contributed by atoms with Crippen molar-refractivity contribution in [1.82, 2.24) is 15.0 Å². The second-order valence-electron chi connectivity index (χ2n) is 7.03. The first-order chi connectivity index (χ1) is 14.3. The van der Waals surface area contributed by atoms with Gasteiger partial charge in [-0.2, -0.15) is 4.98 Å². The molecule has 2 aliphatic rings. The predicted molar refractivity (Wildman–Crippen MR) is 105 cm³/mol. The first-order valence-electron chi connectivity index (χ1n) is 9.64. The fourth-order valence-corrected chi connectivity index (χ4v) is 3.68. The zero-order valence-electron chi connectivity index (χ0n) is 15.7. The fourth-order valence-electron chi connectivity index (χ4n) is 3.68. The predicted octanol–water partition coefficient (Wildman–Crippen LogP) is 4.22. The van der Waals surface area contributed by atoms with Gasteiger partial charge in [-0.15, -0.1) is 0 Å². The number of nitrogens with one attached hydrogen (secondary N) is 1. The molecular formula is C21H20N4O4. The van der Waals surface area contributed by atoms with Crippen molar-refractivity contribution >= 4 is 11.7 Å². The Labute approximate surface area is 167 Å². The molecule has 0 radical (unpaired) electrons. The maximum Gasteiger partial charge on any atom is 0.322 e. The SMILES string of the molecule is O=C(Nc1ccc2c(c1)OCO2)N1CCCC[C@@H]1c1nc(-c2ccccc2)no1. The van der Waals surface area contributed by atoms with E-state index in [1.165, 1.54) is 0 Å². The first kappa shape index (κ1) is 17.5. The lowest BCUT2D eigenvalue weighted by Gasteiger charge is -2.33. The van der Waals surface area contributed by atoms with Gasteiger partial charge in [-0.1, -0.05) is 35.5 Å². The number of ether oxygens (including phenoxy) is 2. The van der Waals surface area contributed by atoms with Gasteiger partial charge in [0, 0.05) is 23.9 Å². The summed E-state index contributed by atoms with van der Waals surface area (Å²) in [5.41, 5.74) is 1.54. The summed E-state index contributed by atoms with van der Waals surface area (Å²) < 4.78 is 16.2. The van der Waals surface area contributed by atoms with E-state index in [0.29, 0.717) is 35.4 Å². The zero-order chi connectivity index (χ0) is 19.6. The minimum atomic E-state index is -0.247. The Balaban J connectivity index is 1.35. The van der Waals surface area contributed by atoms with Crippen molar-refractivity contribution in [3.8, 4) is 22.9 Å². The lowest BCUT2D eigenvalue weighted by Crippen LogP contribution is -2.41. The van der Waals surface area contributed by atoms with Crippen molar-refractivity contribution in [2.45, 2.75) is 25.3 Å². The fraction of sp³-hybridized carbons (Fsp3) is 0.286. The highest BCUT2D eigenvalue weighted by molar-refractivity contribution is 5.90. The van der Waals surface area contributed by atoms with E-state index < -0.39 is 0 Å². The van der Waals surface area contributed by atoms with Crippen LogP contribution < -0.4 is 14.8 Å². The number of carbonyl (C=O) groups is 1. The van der Waals surface area contributed by atoms with Gasteiger partial charge in [0.25, 0.3) is 0 Å². The van der Waals surface area contributed by atoms with Crippen LogP contribution in [0.5, 0.6) is 11.5 Å². The second-order valence-corrected chi connectivity index (χ2v) is 7.03. The third kappa shape index (κ3) is 3.49. The highest BCUT2D eigenvalue weighted by Gasteiger charge is 2.32. The molecule has 1 N–H and O–H groups in total. The van der Waals surface area contributed by atoms with Crippen molar-refractivity contribution in [2.24, 2.45) is 0 Å². The molecule has 5 rings (SSSR count). The maximum absolute atomic E-state index is 13.0. The Kier molecular flexibility index (Phi) is 4.51. The average Bonchev–Trinajstić information content (AvgIpc) is 3.44. The lowest BCUT2D eigenvalue weighted by atomic mass is 10.0. The number of anilines is 1. The standard InChI is InChI=1S/C21H20N4O4/c26-21(22-15-9-10-17-18(12-15)28-13-27-17)25-11-5-4-8-16(25)20-23-19(24-29-20)14-6-2-1-3-7-14/h1-3,6-7,9-10,12,16H,4-5,8,11,13H2,(H,22,26)/t16-/m1/s1. The molecule has 1 atom stereocenters. The molecule has 0 aliphatic carbocycles. The summed E-state index contributed by atoms with van der Waals surface area (Å²) in [5.74, 6) is 2.30. The monoisotopic (exact) mass is 392 g/mol. The van der Waals surface area contributed by atoms with Crippen LogP contribution in [0, 0.1) is 0 Å². The summed E-state index contributed by atoms with van der Waals surface area (Å²) in [5, 5.41) is 7.04. The van der Waals surface area contributed by atoms with Gasteiger partial charge >= 0.3 is 6.03 Å². The smallest absolute Gasteiger partial charge is 0.322 e. The molecule has 148 valence electrons. The molecule has 8 heteroatoms. The number of hydrogen-bond acceptors (Lipinski definition) is 6. The van der Waals surface area contributed by atoms with E-state index in [9.17, 15) is 4.79 Å². The van der Waals surface area contributed by atoms with Crippen molar-refractivity contribution < 1.29 is 18.8 Å². The van der Waals surface area contributed by atoms with Gasteiger partial charge in [-0.3, -0.25) is 0 Å². The molecule has 0 saturated carbocycles. The molecule has 0 bridgehead atoms. The molecule has 29 heavy (non-hydrogen) atoms. The summed E-state index contributed by atoms with van der Waals surface area (Å²) in [6, 6.07) is 14.6. The van der Waals surface area contributed by atoms with Crippen molar-refractivity contribution in [1.29, 1.82) is 0 Å². The summed E-state index contributed by atoms with van der Waals surface area (Å²) in [7, 11) is 0. The summed E-state index contributed by atoms with van der Waals surface area (Å²) in [4.78, 5) is 19.3. The number of likely N-dealkylation sites (tertiary alicyclic amines) is 1. The third-order valence-corrected chi connectivity index (χ3v) is 5.15. The number of benzene rings is 2. The lowest BCUT2D eigenvalue weighted by molar-refractivity contribution is 0.142. The van der Waals surface area contributed by atoms with Crippen LogP contribution in [0.4, 0.5) is 10.5 Å². The van der Waals surface area contributed by atoms with Gasteiger partial charge in [-0.25, -0.2) is 4.79 Å². The van der Waals surface area contributed by atoms with E-state index in [1.54, 1.807) is 23.1 Å². The first-order valence-corrected chi connectivity index (χ1v) is 9.64. The van der Waals surface area contributed by atoms with E-state index in [-0.39, 0.29) is 18.9 Å². The molecule has 2 aliphatic heterocycles. The number of nitrogens with zero attached hydrogens (tertiary/aromatic N) is 3. The molecule has 2 amide bonds. The van der Waals surface area contributed by atoms with Crippen LogP contribution in [0.1, 0.15) is 31.2 Å². The Morgan fingerprint density at radius 2 is 1.93 bits per heavy atom. The van der Waals surface area contributed by atoms with Gasteiger partial charge in [0.05, 0.1) is 0 Å². The van der Waals surface area contributed by atoms with Gasteiger partial charge in [0.1, 0.15) is 6.04 Å². The minimum Gasteiger partial charge on any atom is -0.454 e. The maximum atomic E-state index is 13.0. The Morgan fingerprint density at radius 3 is 2.83 bits per heavy atom. The molecule has 3 aromatic rings. The summed E-state index contributed by atoms with van der Waals surface area (Å²) >= 11 is 0. The number of fused-ring (bicyclic) bond motifs is 1. The quantitative estimate of drug-likeness (QED) is 0.718. The van der Waals surface area contributed by atoms with E-state index in [2.05, 4.69) is 15.5 Å². The Hall–Kier alpha value is -3.55. The third-order valence-electron chi connectivity index (χ3n) is 5.15. The Bertz CT molecular complexity index is 1020. The summed E-state index contributed by atoms with van der Waals surface area (Å²) in [6.45, 7) is 0.825. The molecule has 1 aromatic heterocycles. The normalized spacial score (nSPS) is 17.9. The average molecular weight is 392 g/mol. The van der Waals surface area contributed by atoms with Gasteiger partial charge in [-0.05, 0) is 31.4 Å². The van der Waals surface area contributed by atoms with E-state index in [1.807, 2.05) is 30.3 Å². The number of rotatable bonds is 3. The topological polar surface area (TPSA) is 89.7 Å². The van der Waals surface area contributed by atoms with Crippen LogP contribution in [-0.2, 0) is 0 Å². The number of hydrogen-bond donors (Lipinski definition) is 1. The van der Waals surface area contributed by atoms with E-state index >= 15 is 0 Å². The number of urea groups is 1. The number of amides is 2. The second kappa shape index (κ2) is 7.46. The van der Waals surface area contributed by atoms with Crippen molar-refractivity contribution in [3.63, 3.8) is 0 Å². The van der Waals surface area contributed by atoms with Crippen molar-refractivity contribution in [2.75, 3.05) is 18.7 Å². The summed E-state index contributed by atoms with van der Waals surface area (Å²) in [6.07, 6.45) is 2.72. The number of carbonyl (C=O) groups excluding carboxylic acids is 1. The molecule has 1 saturated heterocycles. The molecule has 3 heterocycles. The molecule has 0 unspecified atom stereocenters. The van der Waals surface area contributed by atoms with Crippen LogP contribution in [0.2, 0.25) is 0 Å². The molecule has 2 aromatic carbocycles. The highest BCUT2D eigenvalue weighted by Crippen LogP contribution is 2.35. The van der Waals surface area contributed by atoms with Crippen molar-refractivity contribution in [3.05, 3.63) is 54.4 Å².